The highest BCUT2D eigenvalue weighted by Crippen LogP contribution is 2.15. The molecule has 0 heterocycles. The second-order valence-corrected chi connectivity index (χ2v) is 6.40. The number of rotatable bonds is 7. The standard InChI is InChI=1S/C12H18N2O3S2/c1-3-17-8-7-14(2)19(15,16)11-6-4-5-10(9-11)12(13)18/h4-6,9H,3,7-8H2,1-2H3,(H2,13,18). The van der Waals surface area contributed by atoms with Gasteiger partial charge in [0, 0.05) is 25.8 Å². The van der Waals surface area contributed by atoms with E-state index in [9.17, 15) is 8.42 Å². The maximum atomic E-state index is 12.3. The Morgan fingerprint density at radius 3 is 2.74 bits per heavy atom. The first-order chi connectivity index (χ1) is 8.89. The molecule has 0 aliphatic carbocycles. The zero-order chi connectivity index (χ0) is 14.5. The van der Waals surface area contributed by atoms with Crippen LogP contribution in [-0.4, -0.2) is 44.5 Å². The van der Waals surface area contributed by atoms with E-state index in [2.05, 4.69) is 0 Å². The van der Waals surface area contributed by atoms with Gasteiger partial charge in [0.1, 0.15) is 4.99 Å². The molecule has 0 atom stereocenters. The largest absolute Gasteiger partial charge is 0.389 e. The highest BCUT2D eigenvalue weighted by Gasteiger charge is 2.20. The predicted octanol–water partition coefficient (Wildman–Crippen LogP) is 0.978. The smallest absolute Gasteiger partial charge is 0.242 e. The topological polar surface area (TPSA) is 72.6 Å². The fraction of sp³-hybridized carbons (Fsp3) is 0.417. The van der Waals surface area contributed by atoms with Gasteiger partial charge in [-0.2, -0.15) is 4.31 Å². The minimum absolute atomic E-state index is 0.175. The average Bonchev–Trinajstić information content (AvgIpc) is 2.39. The molecule has 0 amide bonds. The van der Waals surface area contributed by atoms with Gasteiger partial charge in [-0.1, -0.05) is 24.4 Å². The van der Waals surface area contributed by atoms with Crippen LogP contribution < -0.4 is 5.73 Å². The summed E-state index contributed by atoms with van der Waals surface area (Å²) < 4.78 is 31.0. The van der Waals surface area contributed by atoms with Crippen LogP contribution in [0.4, 0.5) is 0 Å². The molecule has 0 spiro atoms. The normalized spacial score (nSPS) is 11.7. The molecule has 1 aromatic carbocycles. The molecule has 0 unspecified atom stereocenters. The molecule has 106 valence electrons. The molecule has 0 fully saturated rings. The quantitative estimate of drug-likeness (QED) is 0.600. The van der Waals surface area contributed by atoms with Crippen LogP contribution in [0.25, 0.3) is 0 Å². The molecule has 0 aliphatic heterocycles. The van der Waals surface area contributed by atoms with Gasteiger partial charge in [-0.15, -0.1) is 0 Å². The zero-order valence-corrected chi connectivity index (χ0v) is 12.6. The maximum Gasteiger partial charge on any atom is 0.242 e. The zero-order valence-electron chi connectivity index (χ0n) is 11.0. The van der Waals surface area contributed by atoms with Gasteiger partial charge in [0.2, 0.25) is 10.0 Å². The number of sulfonamides is 1. The molecule has 7 heteroatoms. The molecule has 1 aromatic rings. The molecule has 1 rings (SSSR count). The molecule has 0 saturated heterocycles. The van der Waals surface area contributed by atoms with Crippen LogP contribution in [0, 0.1) is 0 Å². The minimum atomic E-state index is -3.54. The number of thiocarbonyl (C=S) groups is 1. The Morgan fingerprint density at radius 2 is 2.16 bits per heavy atom. The minimum Gasteiger partial charge on any atom is -0.389 e. The van der Waals surface area contributed by atoms with Crippen LogP contribution in [0.2, 0.25) is 0 Å². The van der Waals surface area contributed by atoms with Crippen LogP contribution in [0.3, 0.4) is 0 Å². The van der Waals surface area contributed by atoms with Crippen LogP contribution in [0.1, 0.15) is 12.5 Å². The molecule has 2 N–H and O–H groups in total. The molecule has 0 radical (unpaired) electrons. The molecule has 0 aromatic heterocycles. The van der Waals surface area contributed by atoms with E-state index in [1.165, 1.54) is 23.5 Å². The molecular formula is C12H18N2O3S2. The van der Waals surface area contributed by atoms with E-state index in [0.29, 0.717) is 25.3 Å². The number of ether oxygens (including phenoxy) is 1. The van der Waals surface area contributed by atoms with Gasteiger partial charge < -0.3 is 10.5 Å². The summed E-state index contributed by atoms with van der Waals surface area (Å²) in [6.45, 7) is 3.08. The number of benzene rings is 1. The number of likely N-dealkylation sites (N-methyl/N-ethyl adjacent to an activating group) is 1. The first-order valence-corrected chi connectivity index (χ1v) is 7.68. The van der Waals surface area contributed by atoms with Crippen molar-refractivity contribution in [2.45, 2.75) is 11.8 Å². The highest BCUT2D eigenvalue weighted by molar-refractivity contribution is 7.89. The lowest BCUT2D eigenvalue weighted by Crippen LogP contribution is -2.30. The summed E-state index contributed by atoms with van der Waals surface area (Å²) in [4.78, 5) is 0.353. The Bertz CT molecular complexity index is 544. The summed E-state index contributed by atoms with van der Waals surface area (Å²) in [6.07, 6.45) is 0. The Labute approximate surface area is 119 Å². The lowest BCUT2D eigenvalue weighted by atomic mass is 10.2. The van der Waals surface area contributed by atoms with E-state index in [1.54, 1.807) is 12.1 Å². The van der Waals surface area contributed by atoms with Gasteiger partial charge in [0.05, 0.1) is 11.5 Å². The monoisotopic (exact) mass is 302 g/mol. The summed E-state index contributed by atoms with van der Waals surface area (Å²) >= 11 is 4.85. The number of hydrogen-bond donors (Lipinski definition) is 1. The summed E-state index contributed by atoms with van der Waals surface area (Å²) in [6, 6.07) is 6.31. The molecule has 0 aliphatic rings. The molecule has 0 bridgehead atoms. The van der Waals surface area contributed by atoms with Gasteiger partial charge in [-0.25, -0.2) is 8.42 Å². The van der Waals surface area contributed by atoms with Gasteiger partial charge in [-0.3, -0.25) is 0 Å². The van der Waals surface area contributed by atoms with E-state index in [4.69, 9.17) is 22.7 Å². The van der Waals surface area contributed by atoms with E-state index in [0.717, 1.165) is 0 Å². The van der Waals surface area contributed by atoms with Gasteiger partial charge in [0.25, 0.3) is 0 Å². The van der Waals surface area contributed by atoms with Crippen molar-refractivity contribution in [1.82, 2.24) is 4.31 Å². The lowest BCUT2D eigenvalue weighted by molar-refractivity contribution is 0.138. The Hall–Kier alpha value is -1.02. The van der Waals surface area contributed by atoms with E-state index in [1.807, 2.05) is 6.92 Å². The lowest BCUT2D eigenvalue weighted by Gasteiger charge is -2.17. The van der Waals surface area contributed by atoms with Crippen molar-refractivity contribution in [1.29, 1.82) is 0 Å². The van der Waals surface area contributed by atoms with E-state index >= 15 is 0 Å². The summed E-state index contributed by atoms with van der Waals surface area (Å²) in [5, 5.41) is 0. The fourth-order valence-corrected chi connectivity index (χ4v) is 2.78. The van der Waals surface area contributed by atoms with Crippen molar-refractivity contribution in [2.24, 2.45) is 5.73 Å². The number of nitrogens with two attached hydrogens (primary N) is 1. The van der Waals surface area contributed by atoms with Crippen LogP contribution in [0.5, 0.6) is 0 Å². The van der Waals surface area contributed by atoms with Gasteiger partial charge >= 0.3 is 0 Å². The van der Waals surface area contributed by atoms with Crippen molar-refractivity contribution in [3.8, 4) is 0 Å². The highest BCUT2D eigenvalue weighted by atomic mass is 32.2. The second-order valence-electron chi connectivity index (χ2n) is 3.92. The van der Waals surface area contributed by atoms with Crippen LogP contribution in [-0.2, 0) is 14.8 Å². The van der Waals surface area contributed by atoms with Crippen molar-refractivity contribution in [3.05, 3.63) is 29.8 Å². The third-order valence-corrected chi connectivity index (χ3v) is 4.67. The predicted molar refractivity (Wildman–Crippen MR) is 78.6 cm³/mol. The second kappa shape index (κ2) is 6.95. The Kier molecular flexibility index (Phi) is 5.86. The molecular weight excluding hydrogens is 284 g/mol. The van der Waals surface area contributed by atoms with Crippen LogP contribution >= 0.6 is 12.2 Å². The first-order valence-electron chi connectivity index (χ1n) is 5.83. The summed E-state index contributed by atoms with van der Waals surface area (Å²) in [5.41, 5.74) is 6.04. The summed E-state index contributed by atoms with van der Waals surface area (Å²) in [5.74, 6) is 0. The SMILES string of the molecule is CCOCCN(C)S(=O)(=O)c1cccc(C(N)=S)c1. The Balaban J connectivity index is 2.93. The van der Waals surface area contributed by atoms with E-state index in [-0.39, 0.29) is 9.88 Å². The Morgan fingerprint density at radius 1 is 1.47 bits per heavy atom. The van der Waals surface area contributed by atoms with Crippen molar-refractivity contribution in [3.63, 3.8) is 0 Å². The van der Waals surface area contributed by atoms with Crippen molar-refractivity contribution in [2.75, 3.05) is 26.8 Å². The third-order valence-electron chi connectivity index (χ3n) is 2.58. The average molecular weight is 302 g/mol. The van der Waals surface area contributed by atoms with Gasteiger partial charge in [0.15, 0.2) is 0 Å². The number of hydrogen-bond acceptors (Lipinski definition) is 4. The van der Waals surface area contributed by atoms with E-state index < -0.39 is 10.0 Å². The van der Waals surface area contributed by atoms with Crippen molar-refractivity contribution >= 4 is 27.2 Å². The summed E-state index contributed by atoms with van der Waals surface area (Å²) in [7, 11) is -2.02. The molecule has 0 saturated carbocycles. The molecule has 5 nitrogen and oxygen atoms in total. The van der Waals surface area contributed by atoms with Crippen molar-refractivity contribution < 1.29 is 13.2 Å². The number of nitrogens with zero attached hydrogens (tertiary/aromatic N) is 1. The maximum absolute atomic E-state index is 12.3. The van der Waals surface area contributed by atoms with Gasteiger partial charge in [-0.05, 0) is 19.1 Å². The first kappa shape index (κ1) is 16.0. The molecule has 19 heavy (non-hydrogen) atoms. The third kappa shape index (κ3) is 4.24. The fourth-order valence-electron chi connectivity index (χ4n) is 1.45. The van der Waals surface area contributed by atoms with Crippen LogP contribution in [0.15, 0.2) is 29.2 Å².